The number of hydrogen-bond acceptors (Lipinski definition) is 4. The number of methoxy groups -OCH3 is 1. The smallest absolute Gasteiger partial charge is 0.336 e. The molecule has 0 spiro atoms. The fourth-order valence-corrected chi connectivity index (χ4v) is 3.96. The summed E-state index contributed by atoms with van der Waals surface area (Å²) in [4.78, 5) is 29.4. The van der Waals surface area contributed by atoms with Gasteiger partial charge >= 0.3 is 5.97 Å². The molecule has 0 aromatic heterocycles. The van der Waals surface area contributed by atoms with Crippen LogP contribution in [0.5, 0.6) is 0 Å². The van der Waals surface area contributed by atoms with E-state index in [0.717, 1.165) is 18.6 Å². The summed E-state index contributed by atoms with van der Waals surface area (Å²) in [6.07, 6.45) is 1.98. The first kappa shape index (κ1) is 17.0. The van der Waals surface area contributed by atoms with Crippen molar-refractivity contribution >= 4 is 33.4 Å². The number of halogens is 2. The van der Waals surface area contributed by atoms with Gasteiger partial charge in [-0.3, -0.25) is 9.79 Å². The minimum absolute atomic E-state index is 0.0688. The molecule has 0 bridgehead atoms. The molecule has 0 amide bonds. The van der Waals surface area contributed by atoms with Gasteiger partial charge in [0.25, 0.3) is 0 Å². The molecule has 126 valence electrons. The van der Waals surface area contributed by atoms with Crippen LogP contribution in [0.25, 0.3) is 0 Å². The third-order valence-electron chi connectivity index (χ3n) is 4.62. The Morgan fingerprint density at radius 3 is 2.75 bits per heavy atom. The van der Waals surface area contributed by atoms with Crippen LogP contribution in [0.1, 0.15) is 37.7 Å². The van der Waals surface area contributed by atoms with E-state index < -0.39 is 23.6 Å². The first-order chi connectivity index (χ1) is 11.4. The van der Waals surface area contributed by atoms with Crippen LogP contribution in [0.4, 0.5) is 4.39 Å². The standard InChI is InChI=1S/C18H17BrFNO3/c1-9-15(18(23)24-2)16(10-6-7-12(20)11(19)8-10)17-13(21-9)4-3-5-14(17)22/h6-8,16-17H,3-5H2,1-2H3. The van der Waals surface area contributed by atoms with Gasteiger partial charge in [0.05, 0.1) is 23.1 Å². The zero-order valence-electron chi connectivity index (χ0n) is 13.4. The molecule has 24 heavy (non-hydrogen) atoms. The van der Waals surface area contributed by atoms with Gasteiger partial charge in [-0.2, -0.15) is 0 Å². The number of allylic oxidation sites excluding steroid dienone is 1. The minimum Gasteiger partial charge on any atom is -0.466 e. The number of benzene rings is 1. The normalized spacial score (nSPS) is 23.7. The van der Waals surface area contributed by atoms with Crippen LogP contribution in [0.2, 0.25) is 0 Å². The Balaban J connectivity index is 2.19. The zero-order valence-corrected chi connectivity index (χ0v) is 15.0. The van der Waals surface area contributed by atoms with Crippen LogP contribution >= 0.6 is 15.9 Å². The average molecular weight is 394 g/mol. The number of hydrogen-bond donors (Lipinski definition) is 0. The summed E-state index contributed by atoms with van der Waals surface area (Å²) in [6.45, 7) is 1.75. The van der Waals surface area contributed by atoms with E-state index >= 15 is 0 Å². The number of carbonyl (C=O) groups is 2. The second-order valence-electron chi connectivity index (χ2n) is 6.04. The first-order valence-electron chi connectivity index (χ1n) is 7.78. The molecule has 0 saturated heterocycles. The molecule has 0 radical (unpaired) electrons. The van der Waals surface area contributed by atoms with Gasteiger partial charge < -0.3 is 4.74 Å². The Morgan fingerprint density at radius 1 is 1.33 bits per heavy atom. The summed E-state index contributed by atoms with van der Waals surface area (Å²) in [6, 6.07) is 4.58. The number of fused-ring (bicyclic) bond motifs is 1. The fourth-order valence-electron chi connectivity index (χ4n) is 3.56. The third kappa shape index (κ3) is 2.83. The highest BCUT2D eigenvalue weighted by atomic mass is 79.9. The summed E-state index contributed by atoms with van der Waals surface area (Å²) in [5.41, 5.74) is 2.45. The van der Waals surface area contributed by atoms with Gasteiger partial charge in [-0.05, 0) is 53.4 Å². The maximum Gasteiger partial charge on any atom is 0.336 e. The average Bonchev–Trinajstić information content (AvgIpc) is 2.55. The molecule has 1 aromatic rings. The van der Waals surface area contributed by atoms with Crippen molar-refractivity contribution in [2.75, 3.05) is 7.11 Å². The molecular weight excluding hydrogens is 377 g/mol. The number of esters is 1. The van der Waals surface area contributed by atoms with Crippen molar-refractivity contribution in [2.45, 2.75) is 32.1 Å². The molecule has 3 rings (SSSR count). The van der Waals surface area contributed by atoms with Crippen molar-refractivity contribution < 1.29 is 18.7 Å². The highest BCUT2D eigenvalue weighted by Crippen LogP contribution is 2.43. The van der Waals surface area contributed by atoms with E-state index in [1.807, 2.05) is 0 Å². The maximum absolute atomic E-state index is 13.6. The predicted octanol–water partition coefficient (Wildman–Crippen LogP) is 3.94. The van der Waals surface area contributed by atoms with Gasteiger partial charge in [-0.1, -0.05) is 6.07 Å². The molecule has 0 N–H and O–H groups in total. The van der Waals surface area contributed by atoms with Gasteiger partial charge in [0, 0.05) is 23.7 Å². The van der Waals surface area contributed by atoms with Crippen molar-refractivity contribution in [3.05, 3.63) is 45.3 Å². The molecule has 4 nitrogen and oxygen atoms in total. The number of ketones is 1. The van der Waals surface area contributed by atoms with Crippen LogP contribution < -0.4 is 0 Å². The molecule has 2 unspecified atom stereocenters. The topological polar surface area (TPSA) is 55.7 Å². The largest absolute Gasteiger partial charge is 0.466 e. The van der Waals surface area contributed by atoms with E-state index in [1.165, 1.54) is 13.2 Å². The lowest BCUT2D eigenvalue weighted by molar-refractivity contribution is -0.136. The summed E-state index contributed by atoms with van der Waals surface area (Å²) in [7, 11) is 1.31. The van der Waals surface area contributed by atoms with E-state index in [4.69, 9.17) is 4.74 Å². The van der Waals surface area contributed by atoms with Crippen molar-refractivity contribution in [3.63, 3.8) is 0 Å². The van der Waals surface area contributed by atoms with Crippen molar-refractivity contribution in [3.8, 4) is 0 Å². The lowest BCUT2D eigenvalue weighted by atomic mass is 9.69. The number of carbonyl (C=O) groups excluding carboxylic acids is 2. The summed E-state index contributed by atoms with van der Waals surface area (Å²) in [5.74, 6) is -1.79. The van der Waals surface area contributed by atoms with E-state index in [2.05, 4.69) is 20.9 Å². The molecule has 1 aromatic carbocycles. The number of ether oxygens (including phenoxy) is 1. The van der Waals surface area contributed by atoms with Crippen molar-refractivity contribution in [2.24, 2.45) is 10.9 Å². The van der Waals surface area contributed by atoms with Crippen LogP contribution in [-0.2, 0) is 14.3 Å². The molecule has 1 fully saturated rings. The molecular formula is C18H17BrFNO3. The molecule has 1 heterocycles. The van der Waals surface area contributed by atoms with Gasteiger partial charge in [-0.15, -0.1) is 0 Å². The van der Waals surface area contributed by atoms with Crippen LogP contribution in [-0.4, -0.2) is 24.6 Å². The van der Waals surface area contributed by atoms with Gasteiger partial charge in [0.15, 0.2) is 0 Å². The molecule has 1 saturated carbocycles. The Kier molecular flexibility index (Phi) is 4.67. The Hall–Kier alpha value is -1.82. The second-order valence-corrected chi connectivity index (χ2v) is 6.90. The van der Waals surface area contributed by atoms with Gasteiger partial charge in [0.1, 0.15) is 11.6 Å². The van der Waals surface area contributed by atoms with Crippen molar-refractivity contribution in [1.29, 1.82) is 0 Å². The molecule has 2 aliphatic rings. The lowest BCUT2D eigenvalue weighted by Crippen LogP contribution is -2.39. The monoisotopic (exact) mass is 393 g/mol. The Labute approximate surface area is 147 Å². The molecule has 1 aliphatic carbocycles. The molecule has 2 atom stereocenters. The van der Waals surface area contributed by atoms with E-state index in [1.54, 1.807) is 19.1 Å². The second kappa shape index (κ2) is 6.59. The van der Waals surface area contributed by atoms with E-state index in [9.17, 15) is 14.0 Å². The highest BCUT2D eigenvalue weighted by Gasteiger charge is 2.43. The number of nitrogens with zero attached hydrogens (tertiary/aromatic N) is 1. The lowest BCUT2D eigenvalue weighted by Gasteiger charge is -2.35. The minimum atomic E-state index is -0.501. The van der Waals surface area contributed by atoms with Crippen LogP contribution in [0, 0.1) is 11.7 Å². The Morgan fingerprint density at radius 2 is 2.08 bits per heavy atom. The zero-order chi connectivity index (χ0) is 17.4. The number of Topliss-reactive ketones (excluding diaryl/α,β-unsaturated/α-hetero) is 1. The number of aliphatic imine (C=N–C) groups is 1. The molecule has 1 aliphatic heterocycles. The van der Waals surface area contributed by atoms with Crippen molar-refractivity contribution in [1.82, 2.24) is 0 Å². The van der Waals surface area contributed by atoms with Gasteiger partial charge in [-0.25, -0.2) is 9.18 Å². The Bertz CT molecular complexity index is 784. The number of rotatable bonds is 2. The van der Waals surface area contributed by atoms with Gasteiger partial charge in [0.2, 0.25) is 0 Å². The first-order valence-corrected chi connectivity index (χ1v) is 8.57. The van der Waals surface area contributed by atoms with Crippen LogP contribution in [0.15, 0.2) is 38.9 Å². The summed E-state index contributed by atoms with van der Waals surface area (Å²) >= 11 is 3.18. The van der Waals surface area contributed by atoms with E-state index in [-0.39, 0.29) is 5.78 Å². The van der Waals surface area contributed by atoms with E-state index in [0.29, 0.717) is 27.7 Å². The maximum atomic E-state index is 13.6. The predicted molar refractivity (Wildman–Crippen MR) is 91.3 cm³/mol. The summed E-state index contributed by atoms with van der Waals surface area (Å²) < 4.78 is 18.9. The molecule has 6 heteroatoms. The SMILES string of the molecule is COC(=O)C1=C(C)N=C2CCCC(=O)C2C1c1ccc(F)c(Br)c1. The highest BCUT2D eigenvalue weighted by molar-refractivity contribution is 9.10. The quantitative estimate of drug-likeness (QED) is 0.714. The fraction of sp³-hybridized carbons (Fsp3) is 0.389. The summed E-state index contributed by atoms with van der Waals surface area (Å²) in [5, 5.41) is 0. The third-order valence-corrected chi connectivity index (χ3v) is 5.22. The van der Waals surface area contributed by atoms with Crippen LogP contribution in [0.3, 0.4) is 0 Å².